The molecule has 1 heterocycles. The van der Waals surface area contributed by atoms with Crippen LogP contribution in [0.5, 0.6) is 0 Å². The van der Waals surface area contributed by atoms with E-state index in [1.54, 1.807) is 4.90 Å². The standard InChI is InChI=1S/C13H14BrN3O/c1-9-2-3-12(10(14)8-9)17-7-6-16-11(4-5-15)13(17)18/h2-3,8,11,16H,4,6-7H2,1H3. The molecule has 94 valence electrons. The van der Waals surface area contributed by atoms with Gasteiger partial charge in [0.25, 0.3) is 0 Å². The van der Waals surface area contributed by atoms with Crippen molar-refractivity contribution in [1.29, 1.82) is 5.26 Å². The van der Waals surface area contributed by atoms with E-state index < -0.39 is 6.04 Å². The number of halogens is 1. The van der Waals surface area contributed by atoms with Crippen LogP contribution >= 0.6 is 15.9 Å². The number of piperazine rings is 1. The minimum absolute atomic E-state index is 0.0349. The quantitative estimate of drug-likeness (QED) is 0.909. The van der Waals surface area contributed by atoms with Crippen LogP contribution < -0.4 is 10.2 Å². The van der Waals surface area contributed by atoms with Crippen molar-refractivity contribution < 1.29 is 4.79 Å². The number of anilines is 1. The Kier molecular flexibility index (Phi) is 4.00. The molecule has 0 bridgehead atoms. The smallest absolute Gasteiger partial charge is 0.245 e. The number of aryl methyl sites for hydroxylation is 1. The van der Waals surface area contributed by atoms with Crippen LogP contribution in [0, 0.1) is 18.3 Å². The van der Waals surface area contributed by atoms with E-state index in [9.17, 15) is 4.79 Å². The second-order valence-electron chi connectivity index (χ2n) is 4.31. The number of nitrogens with one attached hydrogen (secondary N) is 1. The molecule has 0 aromatic heterocycles. The topological polar surface area (TPSA) is 56.1 Å². The van der Waals surface area contributed by atoms with Crippen LogP contribution in [-0.4, -0.2) is 25.0 Å². The molecule has 1 fully saturated rings. The average molecular weight is 308 g/mol. The predicted molar refractivity (Wildman–Crippen MR) is 73.3 cm³/mol. The summed E-state index contributed by atoms with van der Waals surface area (Å²) < 4.78 is 0.911. The van der Waals surface area contributed by atoms with Crippen molar-refractivity contribution in [3.63, 3.8) is 0 Å². The Morgan fingerprint density at radius 3 is 3.06 bits per heavy atom. The lowest BCUT2D eigenvalue weighted by Gasteiger charge is -2.33. The van der Waals surface area contributed by atoms with E-state index in [0.717, 1.165) is 15.7 Å². The summed E-state index contributed by atoms with van der Waals surface area (Å²) in [6.45, 7) is 3.34. The third-order valence-corrected chi connectivity index (χ3v) is 3.61. The Labute approximate surface area is 115 Å². The molecule has 1 aromatic carbocycles. The highest BCUT2D eigenvalue weighted by Gasteiger charge is 2.29. The van der Waals surface area contributed by atoms with Crippen LogP contribution in [0.15, 0.2) is 22.7 Å². The molecule has 1 atom stereocenters. The Morgan fingerprint density at radius 1 is 1.61 bits per heavy atom. The van der Waals surface area contributed by atoms with Gasteiger partial charge >= 0.3 is 0 Å². The number of nitriles is 1. The van der Waals surface area contributed by atoms with Crippen molar-refractivity contribution in [2.45, 2.75) is 19.4 Å². The predicted octanol–water partition coefficient (Wildman–Crippen LogP) is 1.98. The fourth-order valence-electron chi connectivity index (χ4n) is 2.06. The number of amides is 1. The zero-order valence-corrected chi connectivity index (χ0v) is 11.7. The zero-order valence-electron chi connectivity index (χ0n) is 10.1. The summed E-state index contributed by atoms with van der Waals surface area (Å²) in [5.74, 6) is -0.0349. The Bertz CT molecular complexity index is 509. The lowest BCUT2D eigenvalue weighted by molar-refractivity contribution is -0.121. The molecule has 5 heteroatoms. The van der Waals surface area contributed by atoms with Crippen molar-refractivity contribution in [2.75, 3.05) is 18.0 Å². The third kappa shape index (κ3) is 2.55. The summed E-state index contributed by atoms with van der Waals surface area (Å²) >= 11 is 3.49. The van der Waals surface area contributed by atoms with Crippen LogP contribution in [0.3, 0.4) is 0 Å². The number of carbonyl (C=O) groups excluding carboxylic acids is 1. The maximum absolute atomic E-state index is 12.2. The van der Waals surface area contributed by atoms with Gasteiger partial charge < -0.3 is 10.2 Å². The summed E-state index contributed by atoms with van der Waals surface area (Å²) in [7, 11) is 0. The van der Waals surface area contributed by atoms with Gasteiger partial charge in [-0.15, -0.1) is 0 Å². The molecule has 1 aliphatic rings. The van der Waals surface area contributed by atoms with Gasteiger partial charge in [-0.3, -0.25) is 4.79 Å². The molecule has 2 rings (SSSR count). The maximum Gasteiger partial charge on any atom is 0.245 e. The average Bonchev–Trinajstić information content (AvgIpc) is 2.33. The van der Waals surface area contributed by atoms with Crippen molar-refractivity contribution >= 4 is 27.5 Å². The minimum atomic E-state index is -0.392. The Hall–Kier alpha value is -1.38. The van der Waals surface area contributed by atoms with Crippen molar-refractivity contribution in [3.05, 3.63) is 28.2 Å². The second kappa shape index (κ2) is 5.51. The van der Waals surface area contributed by atoms with Crippen molar-refractivity contribution in [1.82, 2.24) is 5.32 Å². The number of nitrogens with zero attached hydrogens (tertiary/aromatic N) is 2. The summed E-state index contributed by atoms with van der Waals surface area (Å²) in [4.78, 5) is 14.0. The van der Waals surface area contributed by atoms with E-state index in [1.807, 2.05) is 31.2 Å². The molecule has 4 nitrogen and oxygen atoms in total. The molecule has 0 aliphatic carbocycles. The van der Waals surface area contributed by atoms with E-state index in [-0.39, 0.29) is 12.3 Å². The molecule has 18 heavy (non-hydrogen) atoms. The Balaban J connectivity index is 2.27. The first-order chi connectivity index (χ1) is 8.63. The summed E-state index contributed by atoms with van der Waals surface area (Å²) in [5.41, 5.74) is 2.01. The first kappa shape index (κ1) is 13.1. The molecule has 0 saturated carbocycles. The highest BCUT2D eigenvalue weighted by atomic mass is 79.9. The molecule has 1 saturated heterocycles. The highest BCUT2D eigenvalue weighted by molar-refractivity contribution is 9.10. The molecule has 1 N–H and O–H groups in total. The van der Waals surface area contributed by atoms with Gasteiger partial charge in [-0.05, 0) is 40.5 Å². The number of rotatable bonds is 2. The molecule has 1 amide bonds. The highest BCUT2D eigenvalue weighted by Crippen LogP contribution is 2.28. The Morgan fingerprint density at radius 2 is 2.39 bits per heavy atom. The fourth-order valence-corrected chi connectivity index (χ4v) is 2.76. The van der Waals surface area contributed by atoms with Crippen LogP contribution in [0.1, 0.15) is 12.0 Å². The summed E-state index contributed by atoms with van der Waals surface area (Å²) in [6.07, 6.45) is 0.207. The third-order valence-electron chi connectivity index (χ3n) is 2.98. The maximum atomic E-state index is 12.2. The van der Waals surface area contributed by atoms with Gasteiger partial charge in [0.05, 0.1) is 18.2 Å². The van der Waals surface area contributed by atoms with Gasteiger partial charge in [-0.2, -0.15) is 5.26 Å². The van der Waals surface area contributed by atoms with E-state index in [2.05, 4.69) is 21.2 Å². The van der Waals surface area contributed by atoms with Crippen LogP contribution in [0.2, 0.25) is 0 Å². The van der Waals surface area contributed by atoms with Crippen LogP contribution in [0.25, 0.3) is 0 Å². The van der Waals surface area contributed by atoms with E-state index in [4.69, 9.17) is 5.26 Å². The summed E-state index contributed by atoms with van der Waals surface area (Å²) in [5, 5.41) is 11.8. The van der Waals surface area contributed by atoms with Gasteiger partial charge in [0.15, 0.2) is 0 Å². The molecule has 0 radical (unpaired) electrons. The normalized spacial score (nSPS) is 19.7. The first-order valence-corrected chi connectivity index (χ1v) is 6.60. The number of hydrogen-bond donors (Lipinski definition) is 1. The van der Waals surface area contributed by atoms with Gasteiger partial charge in [-0.1, -0.05) is 6.07 Å². The molecule has 0 spiro atoms. The van der Waals surface area contributed by atoms with Crippen LogP contribution in [-0.2, 0) is 4.79 Å². The van der Waals surface area contributed by atoms with Gasteiger partial charge in [0.2, 0.25) is 5.91 Å². The molecular formula is C13H14BrN3O. The number of carbonyl (C=O) groups is 1. The van der Waals surface area contributed by atoms with Crippen LogP contribution in [0.4, 0.5) is 5.69 Å². The van der Waals surface area contributed by atoms with Crippen molar-refractivity contribution in [3.8, 4) is 6.07 Å². The monoisotopic (exact) mass is 307 g/mol. The summed E-state index contributed by atoms with van der Waals surface area (Å²) in [6, 6.07) is 7.56. The van der Waals surface area contributed by atoms with Crippen molar-refractivity contribution in [2.24, 2.45) is 0 Å². The van der Waals surface area contributed by atoms with Gasteiger partial charge in [0, 0.05) is 17.6 Å². The van der Waals surface area contributed by atoms with E-state index in [0.29, 0.717) is 13.1 Å². The fraction of sp³-hybridized carbons (Fsp3) is 0.385. The number of benzene rings is 1. The van der Waals surface area contributed by atoms with Gasteiger partial charge in [0.1, 0.15) is 6.04 Å². The molecule has 1 unspecified atom stereocenters. The molecule has 1 aromatic rings. The van der Waals surface area contributed by atoms with E-state index >= 15 is 0 Å². The lowest BCUT2D eigenvalue weighted by Crippen LogP contribution is -2.55. The van der Waals surface area contributed by atoms with E-state index in [1.165, 1.54) is 0 Å². The lowest BCUT2D eigenvalue weighted by atomic mass is 10.1. The molecular weight excluding hydrogens is 294 g/mol. The van der Waals surface area contributed by atoms with Gasteiger partial charge in [-0.25, -0.2) is 0 Å². The zero-order chi connectivity index (χ0) is 13.1. The SMILES string of the molecule is Cc1ccc(N2CCNC(CC#N)C2=O)c(Br)c1. The first-order valence-electron chi connectivity index (χ1n) is 5.81. The minimum Gasteiger partial charge on any atom is -0.309 e. The second-order valence-corrected chi connectivity index (χ2v) is 5.17. The number of hydrogen-bond acceptors (Lipinski definition) is 3. The molecule has 1 aliphatic heterocycles. The largest absolute Gasteiger partial charge is 0.309 e.